The van der Waals surface area contributed by atoms with Gasteiger partial charge in [0, 0.05) is 24.6 Å². The van der Waals surface area contributed by atoms with Crippen molar-refractivity contribution in [3.05, 3.63) is 65.2 Å². The molecule has 0 spiro atoms. The molecule has 0 fully saturated rings. The van der Waals surface area contributed by atoms with Gasteiger partial charge in [0.05, 0.1) is 7.11 Å². The van der Waals surface area contributed by atoms with Gasteiger partial charge in [-0.2, -0.15) is 0 Å². The van der Waals surface area contributed by atoms with Crippen LogP contribution in [0.4, 0.5) is 0 Å². The van der Waals surface area contributed by atoms with Crippen LogP contribution in [0.25, 0.3) is 0 Å². The molecule has 0 heterocycles. The fourth-order valence-corrected chi connectivity index (χ4v) is 3.32. The molecule has 3 rings (SSSR count). The summed E-state index contributed by atoms with van der Waals surface area (Å²) in [5.74, 6) is 1.62. The van der Waals surface area contributed by atoms with Crippen molar-refractivity contribution >= 4 is 0 Å². The van der Waals surface area contributed by atoms with Gasteiger partial charge < -0.3 is 10.1 Å². The lowest BCUT2D eigenvalue weighted by molar-refractivity contribution is 0.394. The molecule has 0 amide bonds. The number of ether oxygens (including phenoxy) is 1. The molecule has 1 aliphatic rings. The Labute approximate surface area is 127 Å². The predicted molar refractivity (Wildman–Crippen MR) is 86.8 cm³/mol. The molecule has 0 aliphatic heterocycles. The van der Waals surface area contributed by atoms with E-state index >= 15 is 0 Å². The molecular weight excluding hydrogens is 258 g/mol. The van der Waals surface area contributed by atoms with E-state index in [0.717, 1.165) is 18.8 Å². The molecule has 2 aromatic carbocycles. The van der Waals surface area contributed by atoms with Crippen LogP contribution in [-0.4, -0.2) is 13.7 Å². The molecule has 1 N–H and O–H groups in total. The van der Waals surface area contributed by atoms with Gasteiger partial charge in [0.15, 0.2) is 0 Å². The Morgan fingerprint density at radius 2 is 1.95 bits per heavy atom. The minimum Gasteiger partial charge on any atom is -0.496 e. The minimum absolute atomic E-state index is 0.564. The average molecular weight is 281 g/mol. The van der Waals surface area contributed by atoms with Crippen LogP contribution >= 0.6 is 0 Å². The van der Waals surface area contributed by atoms with Gasteiger partial charge in [-0.25, -0.2) is 0 Å². The summed E-state index contributed by atoms with van der Waals surface area (Å²) in [6, 6.07) is 17.0. The van der Waals surface area contributed by atoms with Crippen molar-refractivity contribution < 1.29 is 4.74 Å². The fraction of sp³-hybridized carbons (Fsp3) is 0.368. The lowest BCUT2D eigenvalue weighted by Crippen LogP contribution is -2.24. The number of benzene rings is 2. The topological polar surface area (TPSA) is 21.3 Å². The molecular formula is C19H23NO. The maximum absolute atomic E-state index is 5.58. The zero-order valence-electron chi connectivity index (χ0n) is 12.6. The summed E-state index contributed by atoms with van der Waals surface area (Å²) in [4.78, 5) is 0. The monoisotopic (exact) mass is 281 g/mol. The van der Waals surface area contributed by atoms with E-state index in [-0.39, 0.29) is 0 Å². The standard InChI is InChI=1S/C19H23NO/c1-21-18-12-6-10-16-9-5-11-17(19(16)18)14-20-13-15-7-3-2-4-8-15/h2-4,6-8,10,12,17,20H,5,9,11,13-14H2,1H3. The van der Waals surface area contributed by atoms with E-state index in [9.17, 15) is 0 Å². The largest absolute Gasteiger partial charge is 0.496 e. The third-order valence-electron chi connectivity index (χ3n) is 4.35. The van der Waals surface area contributed by atoms with E-state index in [2.05, 4.69) is 53.8 Å². The summed E-state index contributed by atoms with van der Waals surface area (Å²) < 4.78 is 5.58. The first-order valence-corrected chi connectivity index (χ1v) is 7.79. The second kappa shape index (κ2) is 6.77. The van der Waals surface area contributed by atoms with E-state index in [1.165, 1.54) is 36.0 Å². The highest BCUT2D eigenvalue weighted by molar-refractivity contribution is 5.44. The lowest BCUT2D eigenvalue weighted by Gasteiger charge is -2.27. The number of aryl methyl sites for hydroxylation is 1. The Kier molecular flexibility index (Phi) is 4.56. The summed E-state index contributed by atoms with van der Waals surface area (Å²) in [6.07, 6.45) is 3.70. The Morgan fingerprint density at radius 1 is 1.10 bits per heavy atom. The van der Waals surface area contributed by atoms with E-state index in [1.54, 1.807) is 7.11 Å². The van der Waals surface area contributed by atoms with E-state index in [1.807, 2.05) is 0 Å². The highest BCUT2D eigenvalue weighted by atomic mass is 16.5. The third kappa shape index (κ3) is 3.27. The van der Waals surface area contributed by atoms with Crippen LogP contribution < -0.4 is 10.1 Å². The van der Waals surface area contributed by atoms with Crippen LogP contribution in [0.15, 0.2) is 48.5 Å². The van der Waals surface area contributed by atoms with Gasteiger partial charge >= 0.3 is 0 Å². The molecule has 2 aromatic rings. The third-order valence-corrected chi connectivity index (χ3v) is 4.35. The molecule has 0 saturated heterocycles. The van der Waals surface area contributed by atoms with Gasteiger partial charge in [-0.05, 0) is 36.5 Å². The van der Waals surface area contributed by atoms with Gasteiger partial charge in [0.2, 0.25) is 0 Å². The fourth-order valence-electron chi connectivity index (χ4n) is 3.32. The first kappa shape index (κ1) is 14.2. The molecule has 2 heteroatoms. The summed E-state index contributed by atoms with van der Waals surface area (Å²) in [6.45, 7) is 1.95. The van der Waals surface area contributed by atoms with Crippen LogP contribution in [0.5, 0.6) is 5.75 Å². The smallest absolute Gasteiger partial charge is 0.122 e. The molecule has 110 valence electrons. The van der Waals surface area contributed by atoms with Gasteiger partial charge in [-0.15, -0.1) is 0 Å². The Bertz CT molecular complexity index is 565. The maximum atomic E-state index is 5.58. The zero-order chi connectivity index (χ0) is 14.5. The molecule has 2 nitrogen and oxygen atoms in total. The van der Waals surface area contributed by atoms with Crippen molar-refractivity contribution in [2.24, 2.45) is 0 Å². The van der Waals surface area contributed by atoms with Crippen molar-refractivity contribution in [1.82, 2.24) is 5.32 Å². The van der Waals surface area contributed by atoms with Crippen LogP contribution in [0.1, 0.15) is 35.4 Å². The second-order valence-corrected chi connectivity index (χ2v) is 5.74. The van der Waals surface area contributed by atoms with Gasteiger partial charge in [-0.3, -0.25) is 0 Å². The first-order valence-electron chi connectivity index (χ1n) is 7.79. The van der Waals surface area contributed by atoms with E-state index < -0.39 is 0 Å². The number of hydrogen-bond acceptors (Lipinski definition) is 2. The number of rotatable bonds is 5. The average Bonchev–Trinajstić information content (AvgIpc) is 2.55. The number of nitrogens with one attached hydrogen (secondary N) is 1. The molecule has 1 atom stereocenters. The number of methoxy groups -OCH3 is 1. The molecule has 0 radical (unpaired) electrons. The Balaban J connectivity index is 1.68. The summed E-state index contributed by atoms with van der Waals surface area (Å²) >= 11 is 0. The summed E-state index contributed by atoms with van der Waals surface area (Å²) in [7, 11) is 1.78. The highest BCUT2D eigenvalue weighted by Gasteiger charge is 2.23. The highest BCUT2D eigenvalue weighted by Crippen LogP contribution is 2.37. The molecule has 1 aliphatic carbocycles. The van der Waals surface area contributed by atoms with Crippen molar-refractivity contribution in [1.29, 1.82) is 0 Å². The van der Waals surface area contributed by atoms with Crippen molar-refractivity contribution in [3.8, 4) is 5.75 Å². The Hall–Kier alpha value is -1.80. The summed E-state index contributed by atoms with van der Waals surface area (Å²) in [5.41, 5.74) is 4.23. The van der Waals surface area contributed by atoms with Crippen molar-refractivity contribution in [2.75, 3.05) is 13.7 Å². The van der Waals surface area contributed by atoms with Crippen LogP contribution in [0.2, 0.25) is 0 Å². The van der Waals surface area contributed by atoms with E-state index in [4.69, 9.17) is 4.74 Å². The normalized spacial score (nSPS) is 17.3. The van der Waals surface area contributed by atoms with Gasteiger partial charge in [0.1, 0.15) is 5.75 Å². The SMILES string of the molecule is COc1cccc2c1C(CNCc1ccccc1)CCC2. The van der Waals surface area contributed by atoms with Gasteiger partial charge in [-0.1, -0.05) is 42.5 Å². The minimum atomic E-state index is 0.564. The van der Waals surface area contributed by atoms with Crippen LogP contribution in [0.3, 0.4) is 0 Å². The van der Waals surface area contributed by atoms with Crippen LogP contribution in [0, 0.1) is 0 Å². The second-order valence-electron chi connectivity index (χ2n) is 5.74. The van der Waals surface area contributed by atoms with Crippen molar-refractivity contribution in [2.45, 2.75) is 31.7 Å². The predicted octanol–water partition coefficient (Wildman–Crippen LogP) is 3.90. The first-order chi connectivity index (χ1) is 10.4. The molecule has 0 bridgehead atoms. The number of fused-ring (bicyclic) bond motifs is 1. The molecule has 0 saturated carbocycles. The molecule has 1 unspecified atom stereocenters. The quantitative estimate of drug-likeness (QED) is 0.897. The molecule has 0 aromatic heterocycles. The van der Waals surface area contributed by atoms with Gasteiger partial charge in [0.25, 0.3) is 0 Å². The maximum Gasteiger partial charge on any atom is 0.122 e. The van der Waals surface area contributed by atoms with E-state index in [0.29, 0.717) is 5.92 Å². The molecule has 21 heavy (non-hydrogen) atoms. The van der Waals surface area contributed by atoms with Crippen molar-refractivity contribution in [3.63, 3.8) is 0 Å². The summed E-state index contributed by atoms with van der Waals surface area (Å²) in [5, 5.41) is 3.61. The number of hydrogen-bond donors (Lipinski definition) is 1. The Morgan fingerprint density at radius 3 is 2.76 bits per heavy atom. The zero-order valence-corrected chi connectivity index (χ0v) is 12.6. The lowest BCUT2D eigenvalue weighted by atomic mass is 9.82. The van der Waals surface area contributed by atoms with Crippen LogP contribution in [-0.2, 0) is 13.0 Å².